The molecule has 0 aromatic carbocycles. The van der Waals surface area contributed by atoms with Gasteiger partial charge in [-0.15, -0.1) is 6.58 Å². The van der Waals surface area contributed by atoms with Crippen molar-refractivity contribution >= 4 is 0 Å². The van der Waals surface area contributed by atoms with Crippen LogP contribution < -0.4 is 5.73 Å². The van der Waals surface area contributed by atoms with E-state index in [0.29, 0.717) is 12.8 Å². The second-order valence-corrected chi connectivity index (χ2v) is 2.98. The summed E-state index contributed by atoms with van der Waals surface area (Å²) in [6.45, 7) is 3.53. The number of nitrogens with zero attached hydrogens (tertiary/aromatic N) is 1. The van der Waals surface area contributed by atoms with E-state index in [9.17, 15) is 8.78 Å². The Bertz CT molecular complexity index is 326. The minimum absolute atomic E-state index is 0.166. The Morgan fingerprint density at radius 1 is 1.57 bits per heavy atom. The topological polar surface area (TPSA) is 38.9 Å². The molecular weight excluding hydrogens is 186 g/mol. The van der Waals surface area contributed by atoms with Crippen LogP contribution in [0.25, 0.3) is 0 Å². The average Bonchev–Trinajstić information content (AvgIpc) is 2.18. The van der Waals surface area contributed by atoms with Gasteiger partial charge in [-0.2, -0.15) is 4.39 Å². The Morgan fingerprint density at radius 3 is 2.93 bits per heavy atom. The van der Waals surface area contributed by atoms with Crippen molar-refractivity contribution in [2.24, 2.45) is 5.73 Å². The van der Waals surface area contributed by atoms with E-state index >= 15 is 0 Å². The van der Waals surface area contributed by atoms with Crippen molar-refractivity contribution in [2.45, 2.75) is 18.9 Å². The lowest BCUT2D eigenvalue weighted by Gasteiger charge is -2.11. The standard InChI is InChI=1S/C10H12F2N2/c1-2-3-4-8(13)7-5-6-14-10(12)9(7)11/h2,5-6,8H,1,3-4,13H2. The first-order valence-corrected chi connectivity index (χ1v) is 4.33. The lowest BCUT2D eigenvalue weighted by molar-refractivity contribution is 0.459. The van der Waals surface area contributed by atoms with Gasteiger partial charge in [0.15, 0.2) is 5.82 Å². The van der Waals surface area contributed by atoms with Crippen LogP contribution in [0.3, 0.4) is 0 Å². The monoisotopic (exact) mass is 198 g/mol. The quantitative estimate of drug-likeness (QED) is 0.595. The fourth-order valence-corrected chi connectivity index (χ4v) is 1.17. The number of allylic oxidation sites excluding steroid dienone is 1. The number of pyridine rings is 1. The molecule has 1 aromatic heterocycles. The molecule has 0 bridgehead atoms. The third-order valence-corrected chi connectivity index (χ3v) is 1.96. The van der Waals surface area contributed by atoms with Crippen molar-refractivity contribution in [1.82, 2.24) is 4.98 Å². The molecule has 1 unspecified atom stereocenters. The maximum Gasteiger partial charge on any atom is 0.249 e. The largest absolute Gasteiger partial charge is 0.324 e. The minimum Gasteiger partial charge on any atom is -0.324 e. The SMILES string of the molecule is C=CCCC(N)c1ccnc(F)c1F. The van der Waals surface area contributed by atoms with Gasteiger partial charge in [-0.1, -0.05) is 6.08 Å². The number of hydrogen-bond donors (Lipinski definition) is 1. The summed E-state index contributed by atoms with van der Waals surface area (Å²) in [6, 6.07) is 0.886. The molecule has 0 fully saturated rings. The summed E-state index contributed by atoms with van der Waals surface area (Å²) in [5, 5.41) is 0. The molecule has 0 saturated heterocycles. The molecule has 0 saturated carbocycles. The smallest absolute Gasteiger partial charge is 0.249 e. The van der Waals surface area contributed by atoms with Gasteiger partial charge in [0.1, 0.15) is 0 Å². The average molecular weight is 198 g/mol. The highest BCUT2D eigenvalue weighted by atomic mass is 19.2. The molecule has 2 nitrogen and oxygen atoms in total. The van der Waals surface area contributed by atoms with E-state index < -0.39 is 17.8 Å². The zero-order valence-corrected chi connectivity index (χ0v) is 7.71. The van der Waals surface area contributed by atoms with E-state index in [1.807, 2.05) is 0 Å². The van der Waals surface area contributed by atoms with Crippen molar-refractivity contribution in [3.8, 4) is 0 Å². The van der Waals surface area contributed by atoms with E-state index in [0.717, 1.165) is 0 Å². The van der Waals surface area contributed by atoms with Crippen LogP contribution in [0.1, 0.15) is 24.4 Å². The summed E-state index contributed by atoms with van der Waals surface area (Å²) >= 11 is 0. The van der Waals surface area contributed by atoms with Crippen LogP contribution in [0.15, 0.2) is 24.9 Å². The van der Waals surface area contributed by atoms with Gasteiger partial charge in [0.25, 0.3) is 0 Å². The van der Waals surface area contributed by atoms with Crippen LogP contribution >= 0.6 is 0 Å². The molecule has 0 spiro atoms. The van der Waals surface area contributed by atoms with E-state index in [4.69, 9.17) is 5.73 Å². The Balaban J connectivity index is 2.83. The Morgan fingerprint density at radius 2 is 2.29 bits per heavy atom. The summed E-state index contributed by atoms with van der Waals surface area (Å²) in [4.78, 5) is 3.18. The molecule has 1 rings (SSSR count). The van der Waals surface area contributed by atoms with E-state index in [1.54, 1.807) is 6.08 Å². The van der Waals surface area contributed by atoms with Gasteiger partial charge in [0, 0.05) is 17.8 Å². The molecule has 1 heterocycles. The minimum atomic E-state index is -1.10. The van der Waals surface area contributed by atoms with E-state index in [-0.39, 0.29) is 5.56 Å². The van der Waals surface area contributed by atoms with Gasteiger partial charge in [-0.05, 0) is 18.9 Å². The fourth-order valence-electron chi connectivity index (χ4n) is 1.17. The molecule has 0 aliphatic carbocycles. The number of rotatable bonds is 4. The van der Waals surface area contributed by atoms with Gasteiger partial charge in [-0.3, -0.25) is 0 Å². The second kappa shape index (κ2) is 4.81. The summed E-state index contributed by atoms with van der Waals surface area (Å²) < 4.78 is 25.8. The zero-order valence-electron chi connectivity index (χ0n) is 7.71. The van der Waals surface area contributed by atoms with Crippen molar-refractivity contribution in [3.05, 3.63) is 42.2 Å². The number of nitrogens with two attached hydrogens (primary N) is 1. The molecule has 0 radical (unpaired) electrons. The molecular formula is C10H12F2N2. The Hall–Kier alpha value is -1.29. The van der Waals surface area contributed by atoms with E-state index in [1.165, 1.54) is 12.3 Å². The first-order chi connectivity index (χ1) is 6.66. The first-order valence-electron chi connectivity index (χ1n) is 4.33. The number of hydrogen-bond acceptors (Lipinski definition) is 2. The summed E-state index contributed by atoms with van der Waals surface area (Å²) in [7, 11) is 0. The molecule has 1 aromatic rings. The molecule has 14 heavy (non-hydrogen) atoms. The molecule has 0 aliphatic rings. The van der Waals surface area contributed by atoms with Crippen molar-refractivity contribution in [1.29, 1.82) is 0 Å². The molecule has 0 amide bonds. The predicted molar refractivity (Wildman–Crippen MR) is 50.5 cm³/mol. The van der Waals surface area contributed by atoms with Crippen LogP contribution in [-0.4, -0.2) is 4.98 Å². The number of halogens is 2. The highest BCUT2D eigenvalue weighted by molar-refractivity contribution is 5.17. The van der Waals surface area contributed by atoms with Crippen molar-refractivity contribution < 1.29 is 8.78 Å². The third kappa shape index (κ3) is 2.35. The summed E-state index contributed by atoms with van der Waals surface area (Å²) in [5.41, 5.74) is 5.83. The maximum absolute atomic E-state index is 13.1. The molecule has 76 valence electrons. The molecule has 1 atom stereocenters. The Labute approximate surface area is 81.5 Å². The molecule has 0 aliphatic heterocycles. The normalized spacial score (nSPS) is 12.5. The van der Waals surface area contributed by atoms with Crippen LogP contribution in [0.4, 0.5) is 8.78 Å². The van der Waals surface area contributed by atoms with Crippen LogP contribution in [-0.2, 0) is 0 Å². The van der Waals surface area contributed by atoms with Gasteiger partial charge >= 0.3 is 0 Å². The fraction of sp³-hybridized carbons (Fsp3) is 0.300. The van der Waals surface area contributed by atoms with Gasteiger partial charge in [0.05, 0.1) is 0 Å². The summed E-state index contributed by atoms with van der Waals surface area (Å²) in [5.74, 6) is -2.05. The van der Waals surface area contributed by atoms with Crippen molar-refractivity contribution in [3.63, 3.8) is 0 Å². The highest BCUT2D eigenvalue weighted by Gasteiger charge is 2.14. The predicted octanol–water partition coefficient (Wildman–Crippen LogP) is 2.33. The van der Waals surface area contributed by atoms with Crippen LogP contribution in [0.5, 0.6) is 0 Å². The van der Waals surface area contributed by atoms with Crippen LogP contribution in [0, 0.1) is 11.8 Å². The second-order valence-electron chi connectivity index (χ2n) is 2.98. The first kappa shape index (κ1) is 10.8. The van der Waals surface area contributed by atoms with Crippen LogP contribution in [0.2, 0.25) is 0 Å². The Kier molecular flexibility index (Phi) is 3.71. The third-order valence-electron chi connectivity index (χ3n) is 1.96. The van der Waals surface area contributed by atoms with Gasteiger partial charge in [0.2, 0.25) is 5.95 Å². The molecule has 4 heteroatoms. The van der Waals surface area contributed by atoms with E-state index in [2.05, 4.69) is 11.6 Å². The van der Waals surface area contributed by atoms with Gasteiger partial charge in [-0.25, -0.2) is 9.37 Å². The zero-order chi connectivity index (χ0) is 10.6. The highest BCUT2D eigenvalue weighted by Crippen LogP contribution is 2.19. The molecule has 2 N–H and O–H groups in total. The van der Waals surface area contributed by atoms with Gasteiger partial charge < -0.3 is 5.73 Å². The lowest BCUT2D eigenvalue weighted by atomic mass is 10.0. The number of aromatic nitrogens is 1. The van der Waals surface area contributed by atoms with Crippen molar-refractivity contribution in [2.75, 3.05) is 0 Å². The maximum atomic E-state index is 13.1. The lowest BCUT2D eigenvalue weighted by Crippen LogP contribution is -2.13. The summed E-state index contributed by atoms with van der Waals surface area (Å²) in [6.07, 6.45) is 4.12.